The summed E-state index contributed by atoms with van der Waals surface area (Å²) in [4.78, 5) is 34.1. The van der Waals surface area contributed by atoms with Gasteiger partial charge < -0.3 is 19.5 Å². The van der Waals surface area contributed by atoms with E-state index in [2.05, 4.69) is 5.32 Å². The predicted molar refractivity (Wildman–Crippen MR) is 91.6 cm³/mol. The van der Waals surface area contributed by atoms with Gasteiger partial charge in [-0.15, -0.1) is 0 Å². The van der Waals surface area contributed by atoms with Crippen LogP contribution in [0.1, 0.15) is 10.4 Å². The van der Waals surface area contributed by atoms with E-state index in [9.17, 15) is 19.7 Å². The Bertz CT molecular complexity index is 813. The number of carbonyl (C=O) groups is 2. The van der Waals surface area contributed by atoms with E-state index in [4.69, 9.17) is 14.2 Å². The number of nitro groups is 1. The highest BCUT2D eigenvalue weighted by Crippen LogP contribution is 2.23. The molecule has 1 amide bonds. The van der Waals surface area contributed by atoms with Crippen LogP contribution in [0.15, 0.2) is 42.5 Å². The van der Waals surface area contributed by atoms with Crippen molar-refractivity contribution < 1.29 is 28.7 Å². The van der Waals surface area contributed by atoms with E-state index < -0.39 is 23.4 Å². The number of nitrogens with zero attached hydrogens (tertiary/aromatic N) is 1. The van der Waals surface area contributed by atoms with Gasteiger partial charge in [0.25, 0.3) is 11.6 Å². The molecule has 0 aliphatic heterocycles. The maximum atomic E-state index is 12.1. The number of rotatable bonds is 7. The van der Waals surface area contributed by atoms with Crippen molar-refractivity contribution in [3.05, 3.63) is 58.1 Å². The SMILES string of the molecule is COc1cc(OC)cc(C(=O)OCC(=O)Nc2cccc([N+](=O)[O-])c2)c1. The molecule has 1 N–H and O–H groups in total. The zero-order chi connectivity index (χ0) is 19.1. The zero-order valence-corrected chi connectivity index (χ0v) is 14.1. The lowest BCUT2D eigenvalue weighted by Crippen LogP contribution is -2.21. The Morgan fingerprint density at radius 1 is 1.08 bits per heavy atom. The Kier molecular flexibility index (Phi) is 6.10. The van der Waals surface area contributed by atoms with Crippen molar-refractivity contribution in [1.82, 2.24) is 0 Å². The number of hydrogen-bond acceptors (Lipinski definition) is 7. The molecule has 0 aliphatic rings. The molecule has 0 spiro atoms. The number of nitro benzene ring substituents is 1. The molecule has 0 bridgehead atoms. The molecule has 9 nitrogen and oxygen atoms in total. The van der Waals surface area contributed by atoms with E-state index in [1.807, 2.05) is 0 Å². The van der Waals surface area contributed by atoms with E-state index in [0.29, 0.717) is 11.5 Å². The van der Waals surface area contributed by atoms with Crippen LogP contribution in [0.5, 0.6) is 11.5 Å². The van der Waals surface area contributed by atoms with E-state index in [1.54, 1.807) is 6.07 Å². The van der Waals surface area contributed by atoms with Crippen molar-refractivity contribution >= 4 is 23.3 Å². The van der Waals surface area contributed by atoms with Crippen molar-refractivity contribution in [2.75, 3.05) is 26.1 Å². The van der Waals surface area contributed by atoms with Crippen molar-refractivity contribution in [2.45, 2.75) is 0 Å². The van der Waals surface area contributed by atoms with Crippen LogP contribution in [0.25, 0.3) is 0 Å². The zero-order valence-electron chi connectivity index (χ0n) is 14.1. The first-order chi connectivity index (χ1) is 12.4. The number of non-ortho nitro benzene ring substituents is 1. The lowest BCUT2D eigenvalue weighted by molar-refractivity contribution is -0.384. The van der Waals surface area contributed by atoms with Crippen LogP contribution in [0, 0.1) is 10.1 Å². The number of hydrogen-bond donors (Lipinski definition) is 1. The molecular formula is C17H16N2O7. The molecule has 0 aromatic heterocycles. The lowest BCUT2D eigenvalue weighted by atomic mass is 10.2. The van der Waals surface area contributed by atoms with Crippen LogP contribution < -0.4 is 14.8 Å². The first-order valence-corrected chi connectivity index (χ1v) is 7.37. The first-order valence-electron chi connectivity index (χ1n) is 7.37. The molecule has 0 unspecified atom stereocenters. The van der Waals surface area contributed by atoms with Crippen LogP contribution in [0.2, 0.25) is 0 Å². The van der Waals surface area contributed by atoms with Crippen molar-refractivity contribution in [3.63, 3.8) is 0 Å². The average Bonchev–Trinajstić information content (AvgIpc) is 2.65. The van der Waals surface area contributed by atoms with Gasteiger partial charge in [-0.25, -0.2) is 4.79 Å². The highest BCUT2D eigenvalue weighted by Gasteiger charge is 2.14. The van der Waals surface area contributed by atoms with Gasteiger partial charge in [-0.2, -0.15) is 0 Å². The van der Waals surface area contributed by atoms with E-state index in [1.165, 1.54) is 50.6 Å². The molecule has 0 heterocycles. The summed E-state index contributed by atoms with van der Waals surface area (Å²) in [6.07, 6.45) is 0. The average molecular weight is 360 g/mol. The molecule has 2 rings (SSSR count). The van der Waals surface area contributed by atoms with Crippen LogP contribution in [-0.4, -0.2) is 37.6 Å². The number of amides is 1. The van der Waals surface area contributed by atoms with Gasteiger partial charge >= 0.3 is 5.97 Å². The second-order valence-corrected chi connectivity index (χ2v) is 5.03. The second kappa shape index (κ2) is 8.47. The molecule has 26 heavy (non-hydrogen) atoms. The van der Waals surface area contributed by atoms with Crippen molar-refractivity contribution in [1.29, 1.82) is 0 Å². The van der Waals surface area contributed by atoms with Gasteiger partial charge in [0, 0.05) is 23.9 Å². The third kappa shape index (κ3) is 4.94. The van der Waals surface area contributed by atoms with Crippen molar-refractivity contribution in [2.24, 2.45) is 0 Å². The third-order valence-corrected chi connectivity index (χ3v) is 3.26. The topological polar surface area (TPSA) is 117 Å². The monoisotopic (exact) mass is 360 g/mol. The number of esters is 1. The molecule has 0 saturated carbocycles. The van der Waals surface area contributed by atoms with E-state index in [-0.39, 0.29) is 16.9 Å². The summed E-state index contributed by atoms with van der Waals surface area (Å²) in [6, 6.07) is 9.90. The molecule has 2 aromatic rings. The molecule has 0 fully saturated rings. The van der Waals surface area contributed by atoms with Crippen LogP contribution >= 0.6 is 0 Å². The van der Waals surface area contributed by atoms with Gasteiger partial charge in [0.15, 0.2) is 6.61 Å². The molecule has 0 radical (unpaired) electrons. The van der Waals surface area contributed by atoms with Gasteiger partial charge in [-0.05, 0) is 18.2 Å². The number of ether oxygens (including phenoxy) is 3. The summed E-state index contributed by atoms with van der Waals surface area (Å²) in [5.74, 6) is -0.570. The maximum Gasteiger partial charge on any atom is 0.338 e. The van der Waals surface area contributed by atoms with Crippen LogP contribution in [0.4, 0.5) is 11.4 Å². The van der Waals surface area contributed by atoms with E-state index >= 15 is 0 Å². The summed E-state index contributed by atoms with van der Waals surface area (Å²) in [7, 11) is 2.88. The fourth-order valence-electron chi connectivity index (χ4n) is 2.03. The summed E-state index contributed by atoms with van der Waals surface area (Å²) < 4.78 is 15.1. The van der Waals surface area contributed by atoms with Gasteiger partial charge in [0.2, 0.25) is 0 Å². The van der Waals surface area contributed by atoms with Crippen molar-refractivity contribution in [3.8, 4) is 11.5 Å². The van der Waals surface area contributed by atoms with Gasteiger partial charge in [0.1, 0.15) is 11.5 Å². The minimum Gasteiger partial charge on any atom is -0.497 e. The highest BCUT2D eigenvalue weighted by atomic mass is 16.6. The summed E-state index contributed by atoms with van der Waals surface area (Å²) >= 11 is 0. The Morgan fingerprint density at radius 3 is 2.31 bits per heavy atom. The number of nitrogens with one attached hydrogen (secondary N) is 1. The summed E-state index contributed by atoms with van der Waals surface area (Å²) in [6.45, 7) is -0.555. The largest absolute Gasteiger partial charge is 0.497 e. The summed E-state index contributed by atoms with van der Waals surface area (Å²) in [5, 5.41) is 13.1. The minimum atomic E-state index is -0.739. The number of anilines is 1. The van der Waals surface area contributed by atoms with Gasteiger partial charge in [-0.3, -0.25) is 14.9 Å². The molecule has 136 valence electrons. The molecule has 9 heteroatoms. The normalized spacial score (nSPS) is 9.92. The summed E-state index contributed by atoms with van der Waals surface area (Å²) in [5.41, 5.74) is 0.218. The van der Waals surface area contributed by atoms with Crippen LogP contribution in [-0.2, 0) is 9.53 Å². The first kappa shape index (κ1) is 18.7. The van der Waals surface area contributed by atoms with Gasteiger partial charge in [-0.1, -0.05) is 6.07 Å². The van der Waals surface area contributed by atoms with Gasteiger partial charge in [0.05, 0.1) is 24.7 Å². The minimum absolute atomic E-state index is 0.157. The highest BCUT2D eigenvalue weighted by molar-refractivity contribution is 5.96. The fraction of sp³-hybridized carbons (Fsp3) is 0.176. The Balaban J connectivity index is 1.98. The van der Waals surface area contributed by atoms with E-state index in [0.717, 1.165) is 0 Å². The second-order valence-electron chi connectivity index (χ2n) is 5.03. The predicted octanol–water partition coefficient (Wildman–Crippen LogP) is 2.41. The number of carbonyl (C=O) groups excluding carboxylic acids is 2. The fourth-order valence-corrected chi connectivity index (χ4v) is 2.03. The molecule has 0 aliphatic carbocycles. The lowest BCUT2D eigenvalue weighted by Gasteiger charge is -2.09. The Hall–Kier alpha value is -3.62. The molecule has 0 saturated heterocycles. The number of benzene rings is 2. The Morgan fingerprint density at radius 2 is 1.73 bits per heavy atom. The molecule has 0 atom stereocenters. The third-order valence-electron chi connectivity index (χ3n) is 3.26. The maximum absolute atomic E-state index is 12.1. The molecule has 2 aromatic carbocycles. The molecular weight excluding hydrogens is 344 g/mol. The van der Waals surface area contributed by atoms with Crippen LogP contribution in [0.3, 0.4) is 0 Å². The standard InChI is InChI=1S/C17H16N2O7/c1-24-14-6-11(7-15(9-14)25-2)17(21)26-10-16(20)18-12-4-3-5-13(8-12)19(22)23/h3-9H,10H2,1-2H3,(H,18,20). The number of methoxy groups -OCH3 is 2. The smallest absolute Gasteiger partial charge is 0.338 e. The quantitative estimate of drug-likeness (QED) is 0.458. The Labute approximate surface area is 148 Å².